The molecule has 1 N–H and O–H groups in total. The molecule has 0 aromatic carbocycles. The molecule has 0 aliphatic rings. The van der Waals surface area contributed by atoms with Crippen LogP contribution < -0.4 is 5.32 Å². The SMILES string of the molecule is CC(C)NC(C)(C#N)CSc1nncs1. The Labute approximate surface area is 98.1 Å². The van der Waals surface area contributed by atoms with Gasteiger partial charge in [-0.15, -0.1) is 10.2 Å². The van der Waals surface area contributed by atoms with E-state index in [1.807, 2.05) is 20.8 Å². The van der Waals surface area contributed by atoms with Crippen molar-refractivity contribution >= 4 is 23.1 Å². The summed E-state index contributed by atoms with van der Waals surface area (Å²) in [5, 5.41) is 20.0. The van der Waals surface area contributed by atoms with Gasteiger partial charge in [-0.1, -0.05) is 23.1 Å². The smallest absolute Gasteiger partial charge is 0.174 e. The zero-order valence-electron chi connectivity index (χ0n) is 9.02. The normalized spacial score (nSPS) is 14.9. The predicted molar refractivity (Wildman–Crippen MR) is 62.9 cm³/mol. The maximum atomic E-state index is 9.10. The molecular formula is C9H14N4S2. The lowest BCUT2D eigenvalue weighted by Crippen LogP contribution is -2.47. The Bertz CT molecular complexity index is 330. The van der Waals surface area contributed by atoms with Crippen LogP contribution in [-0.2, 0) is 0 Å². The third-order valence-corrected chi connectivity index (χ3v) is 3.85. The number of hydrogen-bond acceptors (Lipinski definition) is 6. The van der Waals surface area contributed by atoms with E-state index in [0.29, 0.717) is 11.8 Å². The van der Waals surface area contributed by atoms with E-state index in [4.69, 9.17) is 5.26 Å². The first kappa shape index (κ1) is 12.4. The summed E-state index contributed by atoms with van der Waals surface area (Å²) in [6.45, 7) is 5.97. The fourth-order valence-electron chi connectivity index (χ4n) is 1.18. The van der Waals surface area contributed by atoms with Gasteiger partial charge in [0.25, 0.3) is 0 Å². The standard InChI is InChI=1S/C9H14N4S2/c1-7(2)12-9(3,4-10)5-14-8-13-11-6-15-8/h6-7,12H,5H2,1-3H3. The molecule has 0 spiro atoms. The first-order chi connectivity index (χ1) is 7.06. The number of thioether (sulfide) groups is 1. The zero-order chi connectivity index (χ0) is 11.3. The van der Waals surface area contributed by atoms with Gasteiger partial charge in [0.1, 0.15) is 11.0 Å². The van der Waals surface area contributed by atoms with Crippen molar-refractivity contribution in [3.05, 3.63) is 5.51 Å². The van der Waals surface area contributed by atoms with Crippen LogP contribution in [0.3, 0.4) is 0 Å². The molecule has 82 valence electrons. The Hall–Kier alpha value is -0.640. The second-order valence-electron chi connectivity index (χ2n) is 3.74. The van der Waals surface area contributed by atoms with E-state index in [1.54, 1.807) is 17.3 Å². The summed E-state index contributed by atoms with van der Waals surface area (Å²) in [6.07, 6.45) is 0. The van der Waals surface area contributed by atoms with E-state index in [2.05, 4.69) is 21.6 Å². The Morgan fingerprint density at radius 1 is 1.73 bits per heavy atom. The summed E-state index contributed by atoms with van der Waals surface area (Å²) < 4.78 is 0.905. The number of nitrogens with zero attached hydrogens (tertiary/aromatic N) is 3. The summed E-state index contributed by atoms with van der Waals surface area (Å²) in [5.74, 6) is 0.677. The summed E-state index contributed by atoms with van der Waals surface area (Å²) in [7, 11) is 0. The minimum Gasteiger partial charge on any atom is -0.297 e. The number of aromatic nitrogens is 2. The van der Waals surface area contributed by atoms with E-state index >= 15 is 0 Å². The van der Waals surface area contributed by atoms with Crippen molar-refractivity contribution in [3.8, 4) is 6.07 Å². The van der Waals surface area contributed by atoms with Gasteiger partial charge in [-0.05, 0) is 20.8 Å². The largest absolute Gasteiger partial charge is 0.297 e. The molecule has 0 radical (unpaired) electrons. The van der Waals surface area contributed by atoms with Crippen molar-refractivity contribution in [1.82, 2.24) is 15.5 Å². The topological polar surface area (TPSA) is 61.6 Å². The van der Waals surface area contributed by atoms with E-state index in [-0.39, 0.29) is 0 Å². The molecule has 0 saturated carbocycles. The Morgan fingerprint density at radius 3 is 2.93 bits per heavy atom. The molecule has 0 aliphatic carbocycles. The van der Waals surface area contributed by atoms with Gasteiger partial charge < -0.3 is 0 Å². The first-order valence-corrected chi connectivity index (χ1v) is 6.50. The van der Waals surface area contributed by atoms with Gasteiger partial charge in [0.05, 0.1) is 6.07 Å². The maximum Gasteiger partial charge on any atom is 0.174 e. The average Bonchev–Trinajstić information content (AvgIpc) is 2.66. The van der Waals surface area contributed by atoms with Gasteiger partial charge in [-0.2, -0.15) is 5.26 Å². The summed E-state index contributed by atoms with van der Waals surface area (Å²) in [6, 6.07) is 2.59. The van der Waals surface area contributed by atoms with E-state index in [1.165, 1.54) is 11.3 Å². The van der Waals surface area contributed by atoms with E-state index < -0.39 is 5.54 Å². The molecule has 0 fully saturated rings. The molecule has 0 aliphatic heterocycles. The van der Waals surface area contributed by atoms with Crippen molar-refractivity contribution in [2.75, 3.05) is 5.75 Å². The Kier molecular flexibility index (Phi) is 4.51. The van der Waals surface area contributed by atoms with Gasteiger partial charge in [-0.25, -0.2) is 0 Å². The summed E-state index contributed by atoms with van der Waals surface area (Å²) in [4.78, 5) is 0. The third kappa shape index (κ3) is 4.16. The molecule has 1 unspecified atom stereocenters. The van der Waals surface area contributed by atoms with Gasteiger partial charge in [0.15, 0.2) is 4.34 Å². The quantitative estimate of drug-likeness (QED) is 0.799. The molecule has 1 rings (SSSR count). The molecule has 0 amide bonds. The molecule has 6 heteroatoms. The van der Waals surface area contributed by atoms with Crippen molar-refractivity contribution in [2.24, 2.45) is 0 Å². The lowest BCUT2D eigenvalue weighted by molar-refractivity contribution is 0.443. The van der Waals surface area contributed by atoms with Gasteiger partial charge in [0.2, 0.25) is 0 Å². The minimum atomic E-state index is -0.509. The monoisotopic (exact) mass is 242 g/mol. The third-order valence-electron chi connectivity index (χ3n) is 1.68. The molecule has 0 saturated heterocycles. The molecule has 4 nitrogen and oxygen atoms in total. The minimum absolute atomic E-state index is 0.296. The highest BCUT2D eigenvalue weighted by Crippen LogP contribution is 2.23. The second kappa shape index (κ2) is 5.45. The van der Waals surface area contributed by atoms with Crippen LogP contribution in [0, 0.1) is 11.3 Å². The molecule has 15 heavy (non-hydrogen) atoms. The molecule has 0 bridgehead atoms. The van der Waals surface area contributed by atoms with Crippen LogP contribution in [-0.4, -0.2) is 27.5 Å². The molecule has 1 aromatic heterocycles. The summed E-state index contributed by atoms with van der Waals surface area (Å²) >= 11 is 3.06. The lowest BCUT2D eigenvalue weighted by atomic mass is 10.1. The van der Waals surface area contributed by atoms with E-state index in [0.717, 1.165) is 4.34 Å². The number of hydrogen-bond donors (Lipinski definition) is 1. The molecule has 1 atom stereocenters. The number of nitrogens with one attached hydrogen (secondary N) is 1. The van der Waals surface area contributed by atoms with Crippen LogP contribution in [0.4, 0.5) is 0 Å². The molecule has 1 heterocycles. The van der Waals surface area contributed by atoms with Crippen LogP contribution in [0.1, 0.15) is 20.8 Å². The fourth-order valence-corrected chi connectivity index (χ4v) is 2.70. The highest BCUT2D eigenvalue weighted by Gasteiger charge is 2.24. The van der Waals surface area contributed by atoms with Crippen LogP contribution in [0.2, 0.25) is 0 Å². The zero-order valence-corrected chi connectivity index (χ0v) is 10.7. The van der Waals surface area contributed by atoms with E-state index in [9.17, 15) is 0 Å². The van der Waals surface area contributed by atoms with Gasteiger partial charge in [0, 0.05) is 11.8 Å². The van der Waals surface area contributed by atoms with Crippen LogP contribution in [0.15, 0.2) is 9.85 Å². The highest BCUT2D eigenvalue weighted by atomic mass is 32.2. The van der Waals surface area contributed by atoms with Gasteiger partial charge in [-0.3, -0.25) is 5.32 Å². The van der Waals surface area contributed by atoms with Crippen molar-refractivity contribution in [1.29, 1.82) is 5.26 Å². The number of nitriles is 1. The molecular weight excluding hydrogens is 228 g/mol. The fraction of sp³-hybridized carbons (Fsp3) is 0.667. The molecule has 1 aromatic rings. The van der Waals surface area contributed by atoms with Gasteiger partial charge >= 0.3 is 0 Å². The average molecular weight is 242 g/mol. The maximum absolute atomic E-state index is 9.10. The van der Waals surface area contributed by atoms with Crippen molar-refractivity contribution < 1.29 is 0 Å². The Morgan fingerprint density at radius 2 is 2.47 bits per heavy atom. The lowest BCUT2D eigenvalue weighted by Gasteiger charge is -2.24. The van der Waals surface area contributed by atoms with Crippen LogP contribution >= 0.6 is 23.1 Å². The van der Waals surface area contributed by atoms with Crippen molar-refractivity contribution in [3.63, 3.8) is 0 Å². The Balaban J connectivity index is 2.50. The van der Waals surface area contributed by atoms with Crippen LogP contribution in [0.25, 0.3) is 0 Å². The first-order valence-electron chi connectivity index (χ1n) is 4.63. The van der Waals surface area contributed by atoms with Crippen LogP contribution in [0.5, 0.6) is 0 Å². The second-order valence-corrected chi connectivity index (χ2v) is 5.79. The van der Waals surface area contributed by atoms with Crippen molar-refractivity contribution in [2.45, 2.75) is 36.7 Å². The highest BCUT2D eigenvalue weighted by molar-refractivity contribution is 8.01. The predicted octanol–water partition coefficient (Wildman–Crippen LogP) is 1.91. The summed E-state index contributed by atoms with van der Waals surface area (Å²) in [5.41, 5.74) is 1.19. The number of rotatable bonds is 5.